The zero-order valence-corrected chi connectivity index (χ0v) is 11.6. The molecule has 0 spiro atoms. The van der Waals surface area contributed by atoms with Gasteiger partial charge < -0.3 is 15.5 Å². The van der Waals surface area contributed by atoms with Gasteiger partial charge in [-0.3, -0.25) is 4.79 Å². The van der Waals surface area contributed by atoms with Crippen LogP contribution < -0.4 is 5.32 Å². The predicted octanol–water partition coefficient (Wildman–Crippen LogP) is 2.55. The first-order valence-corrected chi connectivity index (χ1v) is 6.37. The standard InChI is InChI=1S/C15H11ClN2O3/c16-12-4-11(5-13(19)6-12)15(21)18-8-10-2-1-9(7-17)3-14(10)20/h1-6,19-20H,8H2,(H,18,21). The number of nitrogens with one attached hydrogen (secondary N) is 1. The van der Waals surface area contributed by atoms with E-state index in [0.717, 1.165) is 0 Å². The molecule has 2 aromatic rings. The Kier molecular flexibility index (Phi) is 4.31. The Morgan fingerprint density at radius 2 is 2.00 bits per heavy atom. The van der Waals surface area contributed by atoms with E-state index in [1.807, 2.05) is 6.07 Å². The van der Waals surface area contributed by atoms with Crippen LogP contribution in [-0.2, 0) is 6.54 Å². The third kappa shape index (κ3) is 3.65. The molecule has 0 saturated heterocycles. The molecule has 0 aliphatic carbocycles. The van der Waals surface area contributed by atoms with Gasteiger partial charge >= 0.3 is 0 Å². The lowest BCUT2D eigenvalue weighted by molar-refractivity contribution is 0.0950. The summed E-state index contributed by atoms with van der Waals surface area (Å²) in [5.41, 5.74) is 1.03. The fraction of sp³-hybridized carbons (Fsp3) is 0.0667. The van der Waals surface area contributed by atoms with Gasteiger partial charge in [-0.15, -0.1) is 0 Å². The summed E-state index contributed by atoms with van der Waals surface area (Å²) in [5.74, 6) is -0.603. The second-order valence-electron chi connectivity index (χ2n) is 4.34. The number of carbonyl (C=O) groups excluding carboxylic acids is 1. The molecule has 0 unspecified atom stereocenters. The Bertz CT molecular complexity index is 718. The van der Waals surface area contributed by atoms with Crippen LogP contribution in [0.25, 0.3) is 0 Å². The topological polar surface area (TPSA) is 93.4 Å². The van der Waals surface area contributed by atoms with Gasteiger partial charge in [0.25, 0.3) is 5.91 Å². The molecule has 2 rings (SSSR count). The second-order valence-corrected chi connectivity index (χ2v) is 4.77. The summed E-state index contributed by atoms with van der Waals surface area (Å²) in [6.45, 7) is 0.0870. The fourth-order valence-electron chi connectivity index (χ4n) is 1.77. The molecule has 0 atom stereocenters. The highest BCUT2D eigenvalue weighted by Gasteiger charge is 2.09. The number of amides is 1. The van der Waals surface area contributed by atoms with E-state index in [-0.39, 0.29) is 28.6 Å². The number of carbonyl (C=O) groups is 1. The van der Waals surface area contributed by atoms with Crippen LogP contribution in [0.15, 0.2) is 36.4 Å². The molecule has 0 fully saturated rings. The van der Waals surface area contributed by atoms with Crippen LogP contribution in [0.5, 0.6) is 11.5 Å². The Balaban J connectivity index is 2.09. The zero-order chi connectivity index (χ0) is 15.4. The summed E-state index contributed by atoms with van der Waals surface area (Å²) in [6.07, 6.45) is 0. The first-order valence-electron chi connectivity index (χ1n) is 5.99. The van der Waals surface area contributed by atoms with Gasteiger partial charge in [-0.05, 0) is 30.3 Å². The molecule has 1 amide bonds. The summed E-state index contributed by atoms with van der Waals surface area (Å²) < 4.78 is 0. The molecule has 0 saturated carbocycles. The van der Waals surface area contributed by atoms with E-state index in [1.165, 1.54) is 24.3 Å². The van der Waals surface area contributed by atoms with Crippen LogP contribution in [-0.4, -0.2) is 16.1 Å². The maximum atomic E-state index is 11.9. The molecule has 0 aliphatic rings. The van der Waals surface area contributed by atoms with Gasteiger partial charge in [-0.2, -0.15) is 5.26 Å². The molecule has 0 aliphatic heterocycles. The number of aromatic hydroxyl groups is 2. The Morgan fingerprint density at radius 1 is 1.24 bits per heavy atom. The SMILES string of the molecule is N#Cc1ccc(CNC(=O)c2cc(O)cc(Cl)c2)c(O)c1. The minimum absolute atomic E-state index is 0.0664. The summed E-state index contributed by atoms with van der Waals surface area (Å²) in [4.78, 5) is 11.9. The van der Waals surface area contributed by atoms with Crippen LogP contribution in [0.4, 0.5) is 0 Å². The minimum Gasteiger partial charge on any atom is -0.508 e. The number of phenolic OH excluding ortho intramolecular Hbond substituents is 2. The highest BCUT2D eigenvalue weighted by molar-refractivity contribution is 6.31. The van der Waals surface area contributed by atoms with Crippen molar-refractivity contribution in [1.82, 2.24) is 5.32 Å². The van der Waals surface area contributed by atoms with Gasteiger partial charge in [-0.25, -0.2) is 0 Å². The van der Waals surface area contributed by atoms with Crippen molar-refractivity contribution in [3.8, 4) is 17.6 Å². The molecule has 0 bridgehead atoms. The van der Waals surface area contributed by atoms with Crippen molar-refractivity contribution in [2.75, 3.05) is 0 Å². The van der Waals surface area contributed by atoms with Crippen molar-refractivity contribution in [1.29, 1.82) is 5.26 Å². The number of hydrogen-bond donors (Lipinski definition) is 3. The van der Waals surface area contributed by atoms with E-state index < -0.39 is 5.91 Å². The van der Waals surface area contributed by atoms with Crippen LogP contribution in [0.2, 0.25) is 5.02 Å². The second kappa shape index (κ2) is 6.16. The van der Waals surface area contributed by atoms with Crippen LogP contribution in [0, 0.1) is 11.3 Å². The average molecular weight is 303 g/mol. The summed E-state index contributed by atoms with van der Waals surface area (Å²) >= 11 is 5.76. The molecule has 3 N–H and O–H groups in total. The Morgan fingerprint density at radius 3 is 2.62 bits per heavy atom. The lowest BCUT2D eigenvalue weighted by Crippen LogP contribution is -2.22. The number of nitrogens with zero attached hydrogens (tertiary/aromatic N) is 1. The smallest absolute Gasteiger partial charge is 0.251 e. The normalized spacial score (nSPS) is 9.90. The molecule has 106 valence electrons. The fourth-order valence-corrected chi connectivity index (χ4v) is 2.00. The van der Waals surface area contributed by atoms with E-state index in [1.54, 1.807) is 12.1 Å². The van der Waals surface area contributed by atoms with E-state index in [2.05, 4.69) is 5.32 Å². The van der Waals surface area contributed by atoms with Gasteiger partial charge in [0.1, 0.15) is 11.5 Å². The third-order valence-corrected chi connectivity index (χ3v) is 3.02. The van der Waals surface area contributed by atoms with Crippen molar-refractivity contribution in [3.63, 3.8) is 0 Å². The van der Waals surface area contributed by atoms with Gasteiger partial charge in [0.15, 0.2) is 0 Å². The molecular formula is C15H11ClN2O3. The largest absolute Gasteiger partial charge is 0.508 e. The number of nitriles is 1. The molecule has 2 aromatic carbocycles. The maximum absolute atomic E-state index is 11.9. The highest BCUT2D eigenvalue weighted by Crippen LogP contribution is 2.21. The van der Waals surface area contributed by atoms with Crippen molar-refractivity contribution < 1.29 is 15.0 Å². The van der Waals surface area contributed by atoms with Crippen molar-refractivity contribution in [2.24, 2.45) is 0 Å². The van der Waals surface area contributed by atoms with Gasteiger partial charge in [0, 0.05) is 22.7 Å². The monoisotopic (exact) mass is 302 g/mol. The summed E-state index contributed by atoms with van der Waals surface area (Å²) in [5, 5.41) is 30.7. The van der Waals surface area contributed by atoms with E-state index in [4.69, 9.17) is 16.9 Å². The lowest BCUT2D eigenvalue weighted by atomic mass is 10.1. The highest BCUT2D eigenvalue weighted by atomic mass is 35.5. The van der Waals surface area contributed by atoms with Crippen LogP contribution in [0.3, 0.4) is 0 Å². The van der Waals surface area contributed by atoms with Crippen molar-refractivity contribution in [2.45, 2.75) is 6.54 Å². The molecule has 21 heavy (non-hydrogen) atoms. The molecule has 0 radical (unpaired) electrons. The van der Waals surface area contributed by atoms with Gasteiger partial charge in [0.2, 0.25) is 0 Å². The van der Waals surface area contributed by atoms with Crippen molar-refractivity contribution in [3.05, 3.63) is 58.1 Å². The van der Waals surface area contributed by atoms with Gasteiger partial charge in [0.05, 0.1) is 11.6 Å². The lowest BCUT2D eigenvalue weighted by Gasteiger charge is -2.08. The third-order valence-electron chi connectivity index (χ3n) is 2.80. The summed E-state index contributed by atoms with van der Waals surface area (Å²) in [7, 11) is 0. The van der Waals surface area contributed by atoms with Crippen LogP contribution in [0.1, 0.15) is 21.5 Å². The molecule has 6 heteroatoms. The molecule has 0 aromatic heterocycles. The maximum Gasteiger partial charge on any atom is 0.251 e. The Labute approximate surface area is 126 Å². The van der Waals surface area contributed by atoms with Gasteiger partial charge in [-0.1, -0.05) is 17.7 Å². The van der Waals surface area contributed by atoms with Crippen molar-refractivity contribution >= 4 is 17.5 Å². The zero-order valence-electron chi connectivity index (χ0n) is 10.8. The number of rotatable bonds is 3. The average Bonchev–Trinajstić information content (AvgIpc) is 2.44. The number of halogens is 1. The summed E-state index contributed by atoms with van der Waals surface area (Å²) in [6, 6.07) is 10.4. The first kappa shape index (κ1) is 14.7. The Hall–Kier alpha value is -2.71. The van der Waals surface area contributed by atoms with E-state index >= 15 is 0 Å². The minimum atomic E-state index is -0.434. The quantitative estimate of drug-likeness (QED) is 0.812. The molecular weight excluding hydrogens is 292 g/mol. The number of phenols is 2. The number of benzene rings is 2. The van der Waals surface area contributed by atoms with E-state index in [0.29, 0.717) is 11.1 Å². The molecule has 5 nitrogen and oxygen atoms in total. The van der Waals surface area contributed by atoms with Crippen LogP contribution >= 0.6 is 11.6 Å². The number of hydrogen-bond acceptors (Lipinski definition) is 4. The predicted molar refractivity (Wildman–Crippen MR) is 77.1 cm³/mol. The first-order chi connectivity index (χ1) is 9.99. The van der Waals surface area contributed by atoms with E-state index in [9.17, 15) is 15.0 Å². The molecule has 0 heterocycles.